The van der Waals surface area contributed by atoms with Gasteiger partial charge in [-0.15, -0.1) is 0 Å². The van der Waals surface area contributed by atoms with Crippen molar-refractivity contribution >= 4 is 27.6 Å². The van der Waals surface area contributed by atoms with Crippen LogP contribution in [0.15, 0.2) is 53.0 Å². The first kappa shape index (κ1) is 20.4. The van der Waals surface area contributed by atoms with Crippen molar-refractivity contribution in [2.24, 2.45) is 0 Å². The number of aliphatic hydroxyl groups excluding tert-OH is 1. The van der Waals surface area contributed by atoms with E-state index in [4.69, 9.17) is 14.6 Å². The van der Waals surface area contributed by atoms with Crippen molar-refractivity contribution in [3.63, 3.8) is 0 Å². The highest BCUT2D eigenvalue weighted by Gasteiger charge is 2.27. The van der Waals surface area contributed by atoms with Crippen LogP contribution in [0.4, 0.5) is 5.95 Å². The Bertz CT molecular complexity index is 1060. The van der Waals surface area contributed by atoms with Crippen molar-refractivity contribution in [3.8, 4) is 11.5 Å². The lowest BCUT2D eigenvalue weighted by molar-refractivity contribution is 0.287. The van der Waals surface area contributed by atoms with E-state index >= 15 is 0 Å². The lowest BCUT2D eigenvalue weighted by Crippen LogP contribution is -2.20. The molecular formula is C22H23BrN4O3. The van der Waals surface area contributed by atoms with Gasteiger partial charge in [-0.1, -0.05) is 28.1 Å². The van der Waals surface area contributed by atoms with Gasteiger partial charge in [0, 0.05) is 34.8 Å². The van der Waals surface area contributed by atoms with E-state index in [0.717, 1.165) is 27.0 Å². The first-order valence-corrected chi connectivity index (χ1v) is 10.4. The number of hydrogen-bond donors (Lipinski definition) is 2. The summed E-state index contributed by atoms with van der Waals surface area (Å²) in [7, 11) is 3.28. The minimum absolute atomic E-state index is 0.107. The second-order valence-corrected chi connectivity index (χ2v) is 7.80. The lowest BCUT2D eigenvalue weighted by atomic mass is 10.0. The molecule has 2 N–H and O–H groups in total. The van der Waals surface area contributed by atoms with E-state index in [9.17, 15) is 5.11 Å². The molecule has 1 atom stereocenters. The van der Waals surface area contributed by atoms with Crippen LogP contribution in [-0.4, -0.2) is 40.7 Å². The lowest BCUT2D eigenvalue weighted by Gasteiger charge is -2.25. The first-order chi connectivity index (χ1) is 14.6. The van der Waals surface area contributed by atoms with Gasteiger partial charge < -0.3 is 19.9 Å². The number of nitrogens with zero attached hydrogens (tertiary/aromatic N) is 3. The van der Waals surface area contributed by atoms with E-state index in [2.05, 4.69) is 32.3 Å². The van der Waals surface area contributed by atoms with Crippen molar-refractivity contribution in [1.29, 1.82) is 0 Å². The van der Waals surface area contributed by atoms with Crippen LogP contribution in [0.2, 0.25) is 0 Å². The Kier molecular flexibility index (Phi) is 6.06. The molecular weight excluding hydrogens is 448 g/mol. The molecule has 2 heterocycles. The maximum Gasteiger partial charge on any atom is 0.226 e. The fourth-order valence-electron chi connectivity index (χ4n) is 3.46. The zero-order chi connectivity index (χ0) is 21.1. The number of fused-ring (bicyclic) bond motifs is 1. The summed E-state index contributed by atoms with van der Waals surface area (Å²) in [5.41, 5.74) is 2.94. The standard InChI is InChI=1S/C22H23BrN4O3/c1-29-16-9-10-17(20(12-16)30-2)19-13-18(14-5-7-15(23)8-6-14)24-22-25-21(4-3-11-28)26-27(19)22/h5-10,12-13,19,28H,3-4,11H2,1-2H3,(H,24,25,26)/t19-/m1/s1. The predicted molar refractivity (Wildman–Crippen MR) is 119 cm³/mol. The topological polar surface area (TPSA) is 81.4 Å². The van der Waals surface area contributed by atoms with Gasteiger partial charge in [0.1, 0.15) is 17.5 Å². The third kappa shape index (κ3) is 4.06. The molecule has 1 aliphatic rings. The number of ether oxygens (including phenoxy) is 2. The van der Waals surface area contributed by atoms with Crippen LogP contribution in [0.1, 0.15) is 29.4 Å². The average molecular weight is 471 g/mol. The number of aromatic nitrogens is 3. The maximum absolute atomic E-state index is 9.17. The van der Waals surface area contributed by atoms with Crippen LogP contribution in [0.25, 0.3) is 5.70 Å². The Morgan fingerprint density at radius 3 is 2.63 bits per heavy atom. The molecule has 0 saturated heterocycles. The summed E-state index contributed by atoms with van der Waals surface area (Å²) in [4.78, 5) is 4.66. The van der Waals surface area contributed by atoms with Crippen molar-refractivity contribution in [1.82, 2.24) is 14.8 Å². The molecule has 0 bridgehead atoms. The first-order valence-electron chi connectivity index (χ1n) is 9.66. The minimum Gasteiger partial charge on any atom is -0.497 e. The summed E-state index contributed by atoms with van der Waals surface area (Å²) < 4.78 is 13.9. The van der Waals surface area contributed by atoms with Gasteiger partial charge in [0.25, 0.3) is 0 Å². The van der Waals surface area contributed by atoms with Crippen molar-refractivity contribution in [2.75, 3.05) is 26.1 Å². The zero-order valence-corrected chi connectivity index (χ0v) is 18.4. The van der Waals surface area contributed by atoms with E-state index < -0.39 is 0 Å². The van der Waals surface area contributed by atoms with Gasteiger partial charge in [-0.25, -0.2) is 4.68 Å². The van der Waals surface area contributed by atoms with Gasteiger partial charge in [0.2, 0.25) is 5.95 Å². The molecule has 7 nitrogen and oxygen atoms in total. The second kappa shape index (κ2) is 8.89. The Morgan fingerprint density at radius 1 is 1.13 bits per heavy atom. The molecule has 2 aromatic carbocycles. The van der Waals surface area contributed by atoms with E-state index in [0.29, 0.717) is 30.4 Å². The van der Waals surface area contributed by atoms with Gasteiger partial charge in [0.15, 0.2) is 5.82 Å². The maximum atomic E-state index is 9.17. The molecule has 30 heavy (non-hydrogen) atoms. The highest BCUT2D eigenvalue weighted by molar-refractivity contribution is 9.10. The monoisotopic (exact) mass is 470 g/mol. The van der Waals surface area contributed by atoms with Crippen molar-refractivity contribution in [2.45, 2.75) is 18.9 Å². The Morgan fingerprint density at radius 2 is 1.93 bits per heavy atom. The molecule has 0 amide bonds. The molecule has 0 unspecified atom stereocenters. The minimum atomic E-state index is -0.212. The van der Waals surface area contributed by atoms with E-state index in [-0.39, 0.29) is 12.6 Å². The normalized spacial score (nSPS) is 15.2. The summed E-state index contributed by atoms with van der Waals surface area (Å²) in [6, 6.07) is 13.7. The fraction of sp³-hybridized carbons (Fsp3) is 0.273. The Labute approximate surface area is 183 Å². The average Bonchev–Trinajstić information content (AvgIpc) is 3.20. The molecule has 0 saturated carbocycles. The molecule has 4 rings (SSSR count). The van der Waals surface area contributed by atoms with Crippen LogP contribution in [-0.2, 0) is 6.42 Å². The number of rotatable bonds is 7. The molecule has 156 valence electrons. The van der Waals surface area contributed by atoms with Gasteiger partial charge in [0.05, 0.1) is 14.2 Å². The summed E-state index contributed by atoms with van der Waals surface area (Å²) in [5, 5.41) is 17.3. The molecule has 0 aliphatic carbocycles. The van der Waals surface area contributed by atoms with Gasteiger partial charge >= 0.3 is 0 Å². The summed E-state index contributed by atoms with van der Waals surface area (Å²) in [6.07, 6.45) is 3.34. The van der Waals surface area contributed by atoms with Crippen LogP contribution in [0, 0.1) is 0 Å². The molecule has 1 aliphatic heterocycles. The van der Waals surface area contributed by atoms with E-state index in [1.165, 1.54) is 0 Å². The number of allylic oxidation sites excluding steroid dienone is 1. The third-order valence-electron chi connectivity index (χ3n) is 4.98. The van der Waals surface area contributed by atoms with Crippen LogP contribution >= 0.6 is 15.9 Å². The third-order valence-corrected chi connectivity index (χ3v) is 5.51. The van der Waals surface area contributed by atoms with Crippen LogP contribution in [0.3, 0.4) is 0 Å². The number of anilines is 1. The zero-order valence-electron chi connectivity index (χ0n) is 16.8. The second-order valence-electron chi connectivity index (χ2n) is 6.89. The molecule has 0 radical (unpaired) electrons. The quantitative estimate of drug-likeness (QED) is 0.542. The highest BCUT2D eigenvalue weighted by Crippen LogP contribution is 2.38. The number of nitrogens with one attached hydrogen (secondary N) is 1. The van der Waals surface area contributed by atoms with E-state index in [1.54, 1.807) is 14.2 Å². The summed E-state index contributed by atoms with van der Waals surface area (Å²) >= 11 is 3.49. The fourth-order valence-corrected chi connectivity index (χ4v) is 3.73. The number of aryl methyl sites for hydroxylation is 1. The predicted octanol–water partition coefficient (Wildman–Crippen LogP) is 4.04. The molecule has 3 aromatic rings. The Hall–Kier alpha value is -2.84. The van der Waals surface area contributed by atoms with Gasteiger partial charge in [-0.3, -0.25) is 0 Å². The van der Waals surface area contributed by atoms with Gasteiger partial charge in [-0.05, 0) is 42.3 Å². The summed E-state index contributed by atoms with van der Waals surface area (Å²) in [6.45, 7) is 0.107. The Balaban J connectivity index is 1.81. The van der Waals surface area contributed by atoms with Crippen molar-refractivity contribution in [3.05, 3.63) is 70.0 Å². The number of halogens is 1. The molecule has 0 spiro atoms. The molecule has 8 heteroatoms. The summed E-state index contributed by atoms with van der Waals surface area (Å²) in [5.74, 6) is 2.79. The molecule has 0 fully saturated rings. The van der Waals surface area contributed by atoms with E-state index in [1.807, 2.05) is 47.1 Å². The number of aliphatic hydroxyl groups is 1. The molecule has 1 aromatic heterocycles. The number of methoxy groups -OCH3 is 2. The number of hydrogen-bond acceptors (Lipinski definition) is 6. The van der Waals surface area contributed by atoms with Crippen LogP contribution < -0.4 is 14.8 Å². The highest BCUT2D eigenvalue weighted by atomic mass is 79.9. The smallest absolute Gasteiger partial charge is 0.226 e. The number of benzene rings is 2. The van der Waals surface area contributed by atoms with Gasteiger partial charge in [-0.2, -0.15) is 10.1 Å². The largest absolute Gasteiger partial charge is 0.497 e. The van der Waals surface area contributed by atoms with Crippen LogP contribution in [0.5, 0.6) is 11.5 Å². The SMILES string of the molecule is COc1ccc([C@H]2C=C(c3ccc(Br)cc3)Nc3nc(CCCO)nn32)c(OC)c1. The van der Waals surface area contributed by atoms with Crippen molar-refractivity contribution < 1.29 is 14.6 Å².